The standard InChI is InChI=1S/C19H23NO5/c1-13-7-5-6-8-15(13)25-10-9-18(21)20-14-11-16(22-2)19(24-4)17(12-14)23-3/h5-8,11-12H,9-10H2,1-4H3,(H,20,21). The van der Waals surface area contributed by atoms with Gasteiger partial charge in [-0.25, -0.2) is 0 Å². The SMILES string of the molecule is COc1cc(NC(=O)CCOc2ccccc2C)cc(OC)c1OC. The first-order chi connectivity index (χ1) is 12.1. The van der Waals surface area contributed by atoms with Crippen LogP contribution in [0.5, 0.6) is 23.0 Å². The molecule has 6 nitrogen and oxygen atoms in total. The number of methoxy groups -OCH3 is 3. The number of carbonyl (C=O) groups excluding carboxylic acids is 1. The topological polar surface area (TPSA) is 66.0 Å². The summed E-state index contributed by atoms with van der Waals surface area (Å²) < 4.78 is 21.4. The van der Waals surface area contributed by atoms with Gasteiger partial charge in [-0.15, -0.1) is 0 Å². The average Bonchev–Trinajstić information content (AvgIpc) is 2.62. The number of ether oxygens (including phenoxy) is 4. The van der Waals surface area contributed by atoms with Crippen LogP contribution in [-0.2, 0) is 4.79 Å². The van der Waals surface area contributed by atoms with Crippen LogP contribution in [0.25, 0.3) is 0 Å². The average molecular weight is 345 g/mol. The minimum atomic E-state index is -0.164. The summed E-state index contributed by atoms with van der Waals surface area (Å²) in [5.41, 5.74) is 1.60. The second kappa shape index (κ2) is 8.82. The maximum Gasteiger partial charge on any atom is 0.227 e. The molecule has 0 atom stereocenters. The summed E-state index contributed by atoms with van der Waals surface area (Å²) in [5, 5.41) is 2.81. The van der Waals surface area contributed by atoms with Gasteiger partial charge in [0, 0.05) is 17.8 Å². The molecular formula is C19H23NO5. The summed E-state index contributed by atoms with van der Waals surface area (Å²) in [4.78, 5) is 12.1. The fraction of sp³-hybridized carbons (Fsp3) is 0.316. The minimum Gasteiger partial charge on any atom is -0.493 e. The Labute approximate surface area is 147 Å². The molecule has 0 bridgehead atoms. The van der Waals surface area contributed by atoms with E-state index in [2.05, 4.69) is 5.32 Å². The van der Waals surface area contributed by atoms with Crippen molar-refractivity contribution < 1.29 is 23.7 Å². The highest BCUT2D eigenvalue weighted by molar-refractivity contribution is 5.91. The highest BCUT2D eigenvalue weighted by Crippen LogP contribution is 2.39. The van der Waals surface area contributed by atoms with Crippen molar-refractivity contribution in [3.8, 4) is 23.0 Å². The van der Waals surface area contributed by atoms with Gasteiger partial charge in [-0.05, 0) is 18.6 Å². The third-order valence-electron chi connectivity index (χ3n) is 3.63. The van der Waals surface area contributed by atoms with Gasteiger partial charge in [0.1, 0.15) is 5.75 Å². The van der Waals surface area contributed by atoms with E-state index < -0.39 is 0 Å². The summed E-state index contributed by atoms with van der Waals surface area (Å²) in [5.74, 6) is 2.05. The lowest BCUT2D eigenvalue weighted by Gasteiger charge is -2.14. The number of amides is 1. The molecule has 0 saturated heterocycles. The second-order valence-electron chi connectivity index (χ2n) is 5.33. The molecule has 2 aromatic rings. The van der Waals surface area contributed by atoms with E-state index in [0.717, 1.165) is 11.3 Å². The molecule has 0 unspecified atom stereocenters. The largest absolute Gasteiger partial charge is 0.493 e. The molecule has 25 heavy (non-hydrogen) atoms. The van der Waals surface area contributed by atoms with Crippen molar-refractivity contribution in [2.75, 3.05) is 33.3 Å². The molecule has 0 radical (unpaired) electrons. The first-order valence-electron chi connectivity index (χ1n) is 7.87. The summed E-state index contributed by atoms with van der Waals surface area (Å²) in [7, 11) is 4.58. The molecular weight excluding hydrogens is 322 g/mol. The van der Waals surface area contributed by atoms with Crippen LogP contribution in [0.3, 0.4) is 0 Å². The first kappa shape index (κ1) is 18.4. The van der Waals surface area contributed by atoms with Gasteiger partial charge >= 0.3 is 0 Å². The number of rotatable bonds is 8. The van der Waals surface area contributed by atoms with Gasteiger partial charge in [0.2, 0.25) is 11.7 Å². The molecule has 1 amide bonds. The first-order valence-corrected chi connectivity index (χ1v) is 7.87. The molecule has 0 aromatic heterocycles. The fourth-order valence-corrected chi connectivity index (χ4v) is 2.35. The van der Waals surface area contributed by atoms with Crippen molar-refractivity contribution >= 4 is 11.6 Å². The normalized spacial score (nSPS) is 10.1. The van der Waals surface area contributed by atoms with Crippen LogP contribution in [0, 0.1) is 6.92 Å². The fourth-order valence-electron chi connectivity index (χ4n) is 2.35. The van der Waals surface area contributed by atoms with Gasteiger partial charge in [0.25, 0.3) is 0 Å². The number of benzene rings is 2. The maximum atomic E-state index is 12.1. The van der Waals surface area contributed by atoms with Crippen LogP contribution in [0.4, 0.5) is 5.69 Å². The number of hydrogen-bond donors (Lipinski definition) is 1. The number of hydrogen-bond acceptors (Lipinski definition) is 5. The molecule has 2 rings (SSSR count). The van der Waals surface area contributed by atoms with Gasteiger partial charge < -0.3 is 24.3 Å². The van der Waals surface area contributed by atoms with E-state index in [9.17, 15) is 4.79 Å². The Morgan fingerprint density at radius 3 is 2.16 bits per heavy atom. The third-order valence-corrected chi connectivity index (χ3v) is 3.63. The Morgan fingerprint density at radius 2 is 1.60 bits per heavy atom. The lowest BCUT2D eigenvalue weighted by atomic mass is 10.2. The zero-order valence-electron chi connectivity index (χ0n) is 14.9. The van der Waals surface area contributed by atoms with E-state index in [1.165, 1.54) is 21.3 Å². The van der Waals surface area contributed by atoms with E-state index >= 15 is 0 Å². The van der Waals surface area contributed by atoms with Gasteiger partial charge in [-0.1, -0.05) is 18.2 Å². The molecule has 0 aliphatic heterocycles. The van der Waals surface area contributed by atoms with Crippen LogP contribution >= 0.6 is 0 Å². The molecule has 6 heteroatoms. The van der Waals surface area contributed by atoms with Crippen molar-refractivity contribution in [1.29, 1.82) is 0 Å². The Hall–Kier alpha value is -2.89. The monoisotopic (exact) mass is 345 g/mol. The molecule has 2 aromatic carbocycles. The van der Waals surface area contributed by atoms with Crippen molar-refractivity contribution in [2.45, 2.75) is 13.3 Å². The molecule has 1 N–H and O–H groups in total. The van der Waals surface area contributed by atoms with Crippen LogP contribution in [-0.4, -0.2) is 33.8 Å². The van der Waals surface area contributed by atoms with E-state index in [1.54, 1.807) is 12.1 Å². The van der Waals surface area contributed by atoms with Crippen LogP contribution in [0.2, 0.25) is 0 Å². The second-order valence-corrected chi connectivity index (χ2v) is 5.33. The Balaban J connectivity index is 1.97. The van der Waals surface area contributed by atoms with Crippen molar-refractivity contribution in [3.05, 3.63) is 42.0 Å². The van der Waals surface area contributed by atoms with Gasteiger partial charge in [-0.2, -0.15) is 0 Å². The summed E-state index contributed by atoms with van der Waals surface area (Å²) in [6.45, 7) is 2.26. The van der Waals surface area contributed by atoms with Gasteiger partial charge in [-0.3, -0.25) is 4.79 Å². The van der Waals surface area contributed by atoms with Crippen molar-refractivity contribution in [2.24, 2.45) is 0 Å². The Bertz CT molecular complexity index is 704. The number of aryl methyl sites for hydroxylation is 1. The highest BCUT2D eigenvalue weighted by atomic mass is 16.5. The zero-order chi connectivity index (χ0) is 18.2. The number of para-hydroxylation sites is 1. The lowest BCUT2D eigenvalue weighted by Crippen LogP contribution is -2.15. The quantitative estimate of drug-likeness (QED) is 0.794. The molecule has 0 aliphatic carbocycles. The van der Waals surface area contributed by atoms with Crippen LogP contribution < -0.4 is 24.3 Å². The van der Waals surface area contributed by atoms with Gasteiger partial charge in [0.05, 0.1) is 34.4 Å². The molecule has 0 aliphatic rings. The predicted octanol–water partition coefficient (Wildman–Crippen LogP) is 3.43. The van der Waals surface area contributed by atoms with Crippen LogP contribution in [0.1, 0.15) is 12.0 Å². The summed E-state index contributed by atoms with van der Waals surface area (Å²) in [6, 6.07) is 11.1. The molecule has 134 valence electrons. The smallest absolute Gasteiger partial charge is 0.227 e. The predicted molar refractivity (Wildman–Crippen MR) is 96.0 cm³/mol. The van der Waals surface area contributed by atoms with Gasteiger partial charge in [0.15, 0.2) is 11.5 Å². The molecule has 0 spiro atoms. The minimum absolute atomic E-state index is 0.164. The van der Waals surface area contributed by atoms with E-state index in [-0.39, 0.29) is 12.3 Å². The summed E-state index contributed by atoms with van der Waals surface area (Å²) in [6.07, 6.45) is 0.227. The summed E-state index contributed by atoms with van der Waals surface area (Å²) >= 11 is 0. The molecule has 0 fully saturated rings. The molecule has 0 saturated carbocycles. The zero-order valence-corrected chi connectivity index (χ0v) is 14.9. The Kier molecular flexibility index (Phi) is 6.51. The number of carbonyl (C=O) groups is 1. The van der Waals surface area contributed by atoms with Crippen molar-refractivity contribution in [3.63, 3.8) is 0 Å². The third kappa shape index (κ3) is 4.79. The molecule has 0 heterocycles. The highest BCUT2D eigenvalue weighted by Gasteiger charge is 2.14. The van der Waals surface area contributed by atoms with E-state index in [0.29, 0.717) is 29.5 Å². The maximum absolute atomic E-state index is 12.1. The Morgan fingerprint density at radius 1 is 0.960 bits per heavy atom. The lowest BCUT2D eigenvalue weighted by molar-refractivity contribution is -0.116. The van der Waals surface area contributed by atoms with Crippen LogP contribution in [0.15, 0.2) is 36.4 Å². The number of anilines is 1. The van der Waals surface area contributed by atoms with E-state index in [1.807, 2.05) is 31.2 Å². The van der Waals surface area contributed by atoms with Crippen molar-refractivity contribution in [1.82, 2.24) is 0 Å². The van der Waals surface area contributed by atoms with E-state index in [4.69, 9.17) is 18.9 Å². The number of nitrogens with one attached hydrogen (secondary N) is 1.